The van der Waals surface area contributed by atoms with E-state index in [9.17, 15) is 0 Å². The van der Waals surface area contributed by atoms with Gasteiger partial charge in [-0.15, -0.1) is 0 Å². The highest BCUT2D eigenvalue weighted by Crippen LogP contribution is 2.47. The Morgan fingerprint density at radius 2 is 0.730 bits per heavy atom. The lowest BCUT2D eigenvalue weighted by Gasteiger charge is -2.22. The summed E-state index contributed by atoms with van der Waals surface area (Å²) in [6.45, 7) is 16.7. The van der Waals surface area contributed by atoms with Gasteiger partial charge in [-0.2, -0.15) is 0 Å². The molecular weight excluding hydrogens is 450 g/mol. The maximum absolute atomic E-state index is 2.50. The van der Waals surface area contributed by atoms with Crippen LogP contribution in [0.1, 0.15) is 60.5 Å². The molecule has 3 aromatic heterocycles. The van der Waals surface area contributed by atoms with Crippen LogP contribution in [0.25, 0.3) is 32.7 Å². The number of aryl methyl sites for hydroxylation is 3. The molecule has 0 aliphatic rings. The molecule has 3 nitrogen and oxygen atoms in total. The summed E-state index contributed by atoms with van der Waals surface area (Å²) in [5.41, 5.74) is 12.4. The standard InChI is InChI=1S/C34H37N3/c1-7-35-22(4)31(25-16-10-13-19-28(25)35)34(32-23(5)36(8-2)29-20-14-11-17-26(29)32)33-24(6)37(9-3)30-21-15-12-18-27(30)33/h10-21,34H,7-9H2,1-6H3. The van der Waals surface area contributed by atoms with Crippen molar-refractivity contribution in [3.8, 4) is 0 Å². The Morgan fingerprint density at radius 3 is 1.00 bits per heavy atom. The van der Waals surface area contributed by atoms with E-state index in [2.05, 4.69) is 128 Å². The molecule has 0 saturated heterocycles. The lowest BCUT2D eigenvalue weighted by Crippen LogP contribution is -2.10. The Kier molecular flexibility index (Phi) is 5.75. The van der Waals surface area contributed by atoms with Gasteiger partial charge in [0.05, 0.1) is 0 Å². The van der Waals surface area contributed by atoms with E-state index in [4.69, 9.17) is 0 Å². The molecule has 37 heavy (non-hydrogen) atoms. The lowest BCUT2D eigenvalue weighted by atomic mass is 9.81. The number of aromatic nitrogens is 3. The van der Waals surface area contributed by atoms with Gasteiger partial charge in [0.2, 0.25) is 0 Å². The van der Waals surface area contributed by atoms with E-state index in [0.29, 0.717) is 0 Å². The second kappa shape index (κ2) is 8.99. The van der Waals surface area contributed by atoms with E-state index < -0.39 is 0 Å². The predicted octanol–water partition coefficient (Wildman–Crippen LogP) is 8.72. The zero-order valence-corrected chi connectivity index (χ0v) is 23.0. The summed E-state index contributed by atoms with van der Waals surface area (Å²) in [5, 5.41) is 4.10. The van der Waals surface area contributed by atoms with E-state index in [-0.39, 0.29) is 5.92 Å². The van der Waals surface area contributed by atoms with Crippen molar-refractivity contribution < 1.29 is 0 Å². The molecular formula is C34H37N3. The molecule has 0 bridgehead atoms. The van der Waals surface area contributed by atoms with Crippen LogP contribution >= 0.6 is 0 Å². The number of rotatable bonds is 6. The second-order valence-corrected chi connectivity index (χ2v) is 10.2. The second-order valence-electron chi connectivity index (χ2n) is 10.2. The summed E-state index contributed by atoms with van der Waals surface area (Å²) < 4.78 is 7.50. The number of hydrogen-bond donors (Lipinski definition) is 0. The maximum atomic E-state index is 2.50. The Hall–Kier alpha value is -3.72. The van der Waals surface area contributed by atoms with Gasteiger partial charge in [-0.05, 0) is 76.4 Å². The quantitative estimate of drug-likeness (QED) is 0.223. The molecule has 0 atom stereocenters. The molecule has 0 N–H and O–H groups in total. The van der Waals surface area contributed by atoms with Crippen molar-refractivity contribution in [2.24, 2.45) is 0 Å². The van der Waals surface area contributed by atoms with Gasteiger partial charge in [0.15, 0.2) is 0 Å². The Morgan fingerprint density at radius 1 is 0.459 bits per heavy atom. The zero-order chi connectivity index (χ0) is 25.8. The van der Waals surface area contributed by atoms with Crippen LogP contribution in [0.3, 0.4) is 0 Å². The molecule has 0 radical (unpaired) electrons. The van der Waals surface area contributed by atoms with E-state index in [1.165, 1.54) is 66.5 Å². The van der Waals surface area contributed by atoms with Gasteiger partial charge in [-0.1, -0.05) is 54.6 Å². The molecule has 0 aliphatic heterocycles. The van der Waals surface area contributed by atoms with Crippen LogP contribution < -0.4 is 0 Å². The normalized spacial score (nSPS) is 12.1. The van der Waals surface area contributed by atoms with E-state index in [1.807, 2.05) is 0 Å². The Labute approximate surface area is 219 Å². The molecule has 3 heterocycles. The molecule has 188 valence electrons. The summed E-state index contributed by atoms with van der Waals surface area (Å²) in [6, 6.07) is 27.0. The SMILES string of the molecule is CCn1c(C)c(C(c2c(C)n(CC)c3ccccc23)c2c(C)n(CC)c3ccccc23)c2ccccc21. The molecule has 6 aromatic rings. The zero-order valence-electron chi connectivity index (χ0n) is 23.0. The topological polar surface area (TPSA) is 14.8 Å². The van der Waals surface area contributed by atoms with Gasteiger partial charge in [0.25, 0.3) is 0 Å². The number of para-hydroxylation sites is 3. The summed E-state index contributed by atoms with van der Waals surface area (Å²) in [5.74, 6) is 0.133. The number of hydrogen-bond acceptors (Lipinski definition) is 0. The first-order chi connectivity index (χ1) is 18.0. The van der Waals surface area contributed by atoms with Crippen molar-refractivity contribution in [1.29, 1.82) is 0 Å². The maximum Gasteiger partial charge on any atom is 0.0485 e. The van der Waals surface area contributed by atoms with Crippen LogP contribution in [0.4, 0.5) is 0 Å². The van der Waals surface area contributed by atoms with Crippen molar-refractivity contribution in [1.82, 2.24) is 13.7 Å². The van der Waals surface area contributed by atoms with Crippen molar-refractivity contribution in [2.75, 3.05) is 0 Å². The largest absolute Gasteiger partial charge is 0.345 e. The highest BCUT2D eigenvalue weighted by molar-refractivity contribution is 5.95. The minimum atomic E-state index is 0.133. The minimum absolute atomic E-state index is 0.133. The lowest BCUT2D eigenvalue weighted by molar-refractivity contribution is 0.739. The van der Waals surface area contributed by atoms with Crippen LogP contribution in [0, 0.1) is 20.8 Å². The third-order valence-corrected chi connectivity index (χ3v) is 8.65. The summed E-state index contributed by atoms with van der Waals surface area (Å²) in [6.07, 6.45) is 0. The third-order valence-electron chi connectivity index (χ3n) is 8.65. The fourth-order valence-electron chi connectivity index (χ4n) is 7.12. The highest BCUT2D eigenvalue weighted by Gasteiger charge is 2.33. The van der Waals surface area contributed by atoms with Crippen LogP contribution in [0.15, 0.2) is 72.8 Å². The van der Waals surface area contributed by atoms with E-state index in [0.717, 1.165) is 19.6 Å². The molecule has 0 amide bonds. The highest BCUT2D eigenvalue weighted by atomic mass is 15.0. The first-order valence-corrected chi connectivity index (χ1v) is 13.8. The summed E-state index contributed by atoms with van der Waals surface area (Å²) in [4.78, 5) is 0. The van der Waals surface area contributed by atoms with Gasteiger partial charge in [-0.3, -0.25) is 0 Å². The predicted molar refractivity (Wildman–Crippen MR) is 158 cm³/mol. The molecule has 0 spiro atoms. The molecule has 0 aliphatic carbocycles. The summed E-state index contributed by atoms with van der Waals surface area (Å²) in [7, 11) is 0. The molecule has 3 aromatic carbocycles. The number of nitrogens with zero attached hydrogens (tertiary/aromatic N) is 3. The van der Waals surface area contributed by atoms with Gasteiger partial charge in [0, 0.05) is 75.3 Å². The number of fused-ring (bicyclic) bond motifs is 3. The van der Waals surface area contributed by atoms with Gasteiger partial charge in [-0.25, -0.2) is 0 Å². The van der Waals surface area contributed by atoms with Gasteiger partial charge < -0.3 is 13.7 Å². The monoisotopic (exact) mass is 487 g/mol. The van der Waals surface area contributed by atoms with Crippen LogP contribution in [0.5, 0.6) is 0 Å². The van der Waals surface area contributed by atoms with Gasteiger partial charge >= 0.3 is 0 Å². The average Bonchev–Trinajstić information content (AvgIpc) is 3.48. The smallest absolute Gasteiger partial charge is 0.0485 e. The molecule has 0 saturated carbocycles. The summed E-state index contributed by atoms with van der Waals surface area (Å²) >= 11 is 0. The van der Waals surface area contributed by atoms with Crippen molar-refractivity contribution in [3.05, 3.63) is 107 Å². The van der Waals surface area contributed by atoms with Crippen molar-refractivity contribution >= 4 is 32.7 Å². The Balaban J connectivity index is 1.84. The first kappa shape index (κ1) is 23.7. The fraction of sp³-hybridized carbons (Fsp3) is 0.294. The van der Waals surface area contributed by atoms with E-state index >= 15 is 0 Å². The average molecular weight is 488 g/mol. The molecule has 3 heteroatoms. The first-order valence-electron chi connectivity index (χ1n) is 13.8. The number of benzene rings is 3. The molecule has 0 fully saturated rings. The minimum Gasteiger partial charge on any atom is -0.345 e. The van der Waals surface area contributed by atoms with Crippen LogP contribution in [0.2, 0.25) is 0 Å². The van der Waals surface area contributed by atoms with Crippen LogP contribution in [-0.4, -0.2) is 13.7 Å². The molecule has 6 rings (SSSR count). The van der Waals surface area contributed by atoms with Crippen LogP contribution in [-0.2, 0) is 19.6 Å². The van der Waals surface area contributed by atoms with E-state index in [1.54, 1.807) is 0 Å². The fourth-order valence-corrected chi connectivity index (χ4v) is 7.12. The Bertz CT molecular complexity index is 1560. The third kappa shape index (κ3) is 3.26. The van der Waals surface area contributed by atoms with Crippen molar-refractivity contribution in [3.63, 3.8) is 0 Å². The van der Waals surface area contributed by atoms with Crippen molar-refractivity contribution in [2.45, 2.75) is 67.1 Å². The molecule has 0 unspecified atom stereocenters. The van der Waals surface area contributed by atoms with Gasteiger partial charge in [0.1, 0.15) is 0 Å².